The summed E-state index contributed by atoms with van der Waals surface area (Å²) in [5, 5.41) is 0. The first-order valence-corrected chi connectivity index (χ1v) is 8.25. The first kappa shape index (κ1) is 13.4. The second-order valence-electron chi connectivity index (χ2n) is 6.98. The van der Waals surface area contributed by atoms with E-state index in [0.29, 0.717) is 12.1 Å². The Morgan fingerprint density at radius 3 is 2.62 bits per heavy atom. The number of rotatable bonds is 3. The number of fused-ring (bicyclic) bond motifs is 1. The van der Waals surface area contributed by atoms with Gasteiger partial charge in [-0.3, -0.25) is 9.69 Å². The Morgan fingerprint density at radius 2 is 1.95 bits per heavy atom. The maximum absolute atomic E-state index is 12.8. The first-order chi connectivity index (χ1) is 10.1. The van der Waals surface area contributed by atoms with Crippen LogP contribution < -0.4 is 0 Å². The molecule has 3 aliphatic rings. The van der Waals surface area contributed by atoms with Crippen molar-refractivity contribution in [1.82, 2.24) is 9.80 Å². The molecule has 0 N–H and O–H groups in total. The van der Waals surface area contributed by atoms with Gasteiger partial charge in [-0.25, -0.2) is 0 Å². The Bertz CT molecular complexity index is 561. The smallest absolute Gasteiger partial charge is 0.257 e. The molecule has 2 saturated heterocycles. The molecule has 4 heteroatoms. The van der Waals surface area contributed by atoms with Crippen molar-refractivity contribution in [2.75, 3.05) is 19.6 Å². The van der Waals surface area contributed by atoms with Crippen LogP contribution in [0.2, 0.25) is 0 Å². The molecule has 3 fully saturated rings. The van der Waals surface area contributed by atoms with Crippen molar-refractivity contribution in [3.8, 4) is 0 Å². The largest absolute Gasteiger partial charge is 0.466 e. The van der Waals surface area contributed by atoms with Gasteiger partial charge in [-0.05, 0) is 51.5 Å². The van der Waals surface area contributed by atoms with Crippen molar-refractivity contribution in [3.63, 3.8) is 0 Å². The Morgan fingerprint density at radius 1 is 1.19 bits per heavy atom. The molecule has 1 aromatic heterocycles. The van der Waals surface area contributed by atoms with E-state index < -0.39 is 0 Å². The predicted molar refractivity (Wildman–Crippen MR) is 80.3 cm³/mol. The van der Waals surface area contributed by atoms with E-state index in [0.717, 1.165) is 42.4 Å². The van der Waals surface area contributed by atoms with Crippen LogP contribution in [0.4, 0.5) is 0 Å². The predicted octanol–water partition coefficient (Wildman–Crippen LogP) is 2.60. The molecular formula is C17H24N2O2. The molecule has 0 bridgehead atoms. The highest BCUT2D eigenvalue weighted by Crippen LogP contribution is 2.37. The van der Waals surface area contributed by atoms with E-state index in [1.54, 1.807) is 0 Å². The quantitative estimate of drug-likeness (QED) is 0.858. The van der Waals surface area contributed by atoms with Crippen molar-refractivity contribution in [2.45, 2.75) is 51.6 Å². The number of carbonyl (C=O) groups excluding carboxylic acids is 1. The zero-order valence-electron chi connectivity index (χ0n) is 13.0. The molecule has 0 unspecified atom stereocenters. The SMILES string of the molecule is Cc1cc(C(=O)N2CC[C@H]3[C@H]2CCN3CC2CC2)c(C)o1. The van der Waals surface area contributed by atoms with E-state index >= 15 is 0 Å². The van der Waals surface area contributed by atoms with E-state index in [2.05, 4.69) is 9.80 Å². The van der Waals surface area contributed by atoms with Crippen molar-refractivity contribution in [1.29, 1.82) is 0 Å². The molecule has 1 aromatic rings. The average molecular weight is 288 g/mol. The summed E-state index contributed by atoms with van der Waals surface area (Å²) in [6, 6.07) is 2.91. The maximum Gasteiger partial charge on any atom is 0.257 e. The zero-order chi connectivity index (χ0) is 14.6. The Kier molecular flexibility index (Phi) is 3.10. The highest BCUT2D eigenvalue weighted by atomic mass is 16.3. The lowest BCUT2D eigenvalue weighted by atomic mass is 10.1. The standard InChI is InChI=1S/C17H24N2O2/c1-11-9-14(12(2)21-11)17(20)19-8-6-15-16(19)5-7-18(15)10-13-3-4-13/h9,13,15-16H,3-8,10H2,1-2H3/t15-,16+/m0/s1. The molecule has 1 amide bonds. The van der Waals surface area contributed by atoms with Gasteiger partial charge in [0.05, 0.1) is 5.56 Å². The topological polar surface area (TPSA) is 36.7 Å². The molecule has 2 atom stereocenters. The highest BCUT2D eigenvalue weighted by Gasteiger charge is 2.45. The number of nitrogens with zero attached hydrogens (tertiary/aromatic N) is 2. The summed E-state index contributed by atoms with van der Waals surface area (Å²) >= 11 is 0. The van der Waals surface area contributed by atoms with Crippen molar-refractivity contribution < 1.29 is 9.21 Å². The van der Waals surface area contributed by atoms with Crippen LogP contribution in [-0.4, -0.2) is 47.4 Å². The lowest BCUT2D eigenvalue weighted by molar-refractivity contribution is 0.0730. The molecule has 1 saturated carbocycles. The lowest BCUT2D eigenvalue weighted by Crippen LogP contribution is -2.40. The lowest BCUT2D eigenvalue weighted by Gasteiger charge is -2.25. The van der Waals surface area contributed by atoms with Crippen LogP contribution in [0.15, 0.2) is 10.5 Å². The summed E-state index contributed by atoms with van der Waals surface area (Å²) < 4.78 is 5.53. The van der Waals surface area contributed by atoms with E-state index in [1.165, 1.54) is 25.9 Å². The number of hydrogen-bond donors (Lipinski definition) is 0. The van der Waals surface area contributed by atoms with Gasteiger partial charge in [0.1, 0.15) is 11.5 Å². The van der Waals surface area contributed by atoms with Gasteiger partial charge in [-0.2, -0.15) is 0 Å². The second kappa shape index (κ2) is 4.87. The van der Waals surface area contributed by atoms with Gasteiger partial charge in [0.2, 0.25) is 0 Å². The third-order valence-electron chi connectivity index (χ3n) is 5.41. The van der Waals surface area contributed by atoms with Crippen LogP contribution in [0.1, 0.15) is 47.6 Å². The molecule has 1 aliphatic carbocycles. The van der Waals surface area contributed by atoms with Crippen molar-refractivity contribution >= 4 is 5.91 Å². The second-order valence-corrected chi connectivity index (χ2v) is 6.98. The minimum atomic E-state index is 0.171. The molecular weight excluding hydrogens is 264 g/mol. The van der Waals surface area contributed by atoms with E-state index in [4.69, 9.17) is 4.42 Å². The number of aryl methyl sites for hydroxylation is 2. The number of amides is 1. The fourth-order valence-corrected chi connectivity index (χ4v) is 4.18. The molecule has 0 spiro atoms. The van der Waals surface area contributed by atoms with Crippen LogP contribution in [0, 0.1) is 19.8 Å². The fourth-order valence-electron chi connectivity index (χ4n) is 4.18. The van der Waals surface area contributed by atoms with Gasteiger partial charge >= 0.3 is 0 Å². The average Bonchev–Trinajstić information content (AvgIpc) is 2.88. The van der Waals surface area contributed by atoms with Crippen molar-refractivity contribution in [2.24, 2.45) is 5.92 Å². The van der Waals surface area contributed by atoms with Crippen LogP contribution in [0.25, 0.3) is 0 Å². The van der Waals surface area contributed by atoms with Gasteiger partial charge < -0.3 is 9.32 Å². The zero-order valence-corrected chi connectivity index (χ0v) is 13.0. The number of hydrogen-bond acceptors (Lipinski definition) is 3. The summed E-state index contributed by atoms with van der Waals surface area (Å²) in [6.07, 6.45) is 5.09. The fraction of sp³-hybridized carbons (Fsp3) is 0.706. The third kappa shape index (κ3) is 2.30. The summed E-state index contributed by atoms with van der Waals surface area (Å²) in [6.45, 7) is 7.12. The molecule has 4 rings (SSSR count). The van der Waals surface area contributed by atoms with Gasteiger partial charge in [-0.1, -0.05) is 0 Å². The normalized spacial score (nSPS) is 29.1. The van der Waals surface area contributed by atoms with Crippen LogP contribution in [0.3, 0.4) is 0 Å². The van der Waals surface area contributed by atoms with Crippen LogP contribution in [-0.2, 0) is 0 Å². The number of furan rings is 1. The molecule has 3 heterocycles. The Hall–Kier alpha value is -1.29. The summed E-state index contributed by atoms with van der Waals surface area (Å²) in [4.78, 5) is 17.6. The van der Waals surface area contributed by atoms with E-state index in [-0.39, 0.29) is 5.91 Å². The minimum Gasteiger partial charge on any atom is -0.466 e. The molecule has 2 aliphatic heterocycles. The molecule has 21 heavy (non-hydrogen) atoms. The molecule has 4 nitrogen and oxygen atoms in total. The number of likely N-dealkylation sites (tertiary alicyclic amines) is 2. The summed E-state index contributed by atoms with van der Waals surface area (Å²) in [5.41, 5.74) is 0.758. The van der Waals surface area contributed by atoms with E-state index in [9.17, 15) is 4.79 Å². The maximum atomic E-state index is 12.8. The first-order valence-electron chi connectivity index (χ1n) is 8.25. The highest BCUT2D eigenvalue weighted by molar-refractivity contribution is 5.95. The van der Waals surface area contributed by atoms with Crippen LogP contribution in [0.5, 0.6) is 0 Å². The summed E-state index contributed by atoms with van der Waals surface area (Å²) in [5.74, 6) is 2.69. The van der Waals surface area contributed by atoms with Crippen LogP contribution >= 0.6 is 0 Å². The molecule has 0 radical (unpaired) electrons. The summed E-state index contributed by atoms with van der Waals surface area (Å²) in [7, 11) is 0. The Labute approximate surface area is 126 Å². The van der Waals surface area contributed by atoms with E-state index in [1.807, 2.05) is 19.9 Å². The van der Waals surface area contributed by atoms with Gasteiger partial charge in [-0.15, -0.1) is 0 Å². The third-order valence-corrected chi connectivity index (χ3v) is 5.41. The molecule has 0 aromatic carbocycles. The number of carbonyl (C=O) groups is 1. The van der Waals surface area contributed by atoms with Gasteiger partial charge in [0.25, 0.3) is 5.91 Å². The Balaban J connectivity index is 1.49. The van der Waals surface area contributed by atoms with Gasteiger partial charge in [0, 0.05) is 31.7 Å². The monoisotopic (exact) mass is 288 g/mol. The van der Waals surface area contributed by atoms with Crippen molar-refractivity contribution in [3.05, 3.63) is 23.2 Å². The van der Waals surface area contributed by atoms with Gasteiger partial charge in [0.15, 0.2) is 0 Å². The minimum absolute atomic E-state index is 0.171. The molecule has 114 valence electrons.